The van der Waals surface area contributed by atoms with Crippen LogP contribution in [-0.2, 0) is 0 Å². The van der Waals surface area contributed by atoms with E-state index in [1.54, 1.807) is 12.1 Å². The fourth-order valence-corrected chi connectivity index (χ4v) is 1.51. The molecule has 5 heteroatoms. The molecule has 0 radical (unpaired) electrons. The molecule has 0 aliphatic rings. The molecule has 0 aliphatic carbocycles. The van der Waals surface area contributed by atoms with Crippen LogP contribution in [0.4, 0.5) is 5.69 Å². The molecule has 1 atom stereocenters. The molecule has 5 nitrogen and oxygen atoms in total. The normalized spacial score (nSPS) is 12.4. The Morgan fingerprint density at radius 3 is 2.81 bits per heavy atom. The molecule has 1 rings (SSSR count). The molecule has 1 aromatic carbocycles. The van der Waals surface area contributed by atoms with Gasteiger partial charge in [-0.25, -0.2) is 0 Å². The molecule has 0 amide bonds. The van der Waals surface area contributed by atoms with Crippen molar-refractivity contribution >= 4 is 5.69 Å². The summed E-state index contributed by atoms with van der Waals surface area (Å²) in [5, 5.41) is 19.2. The molecular formula is C11H16N2O3. The van der Waals surface area contributed by atoms with Gasteiger partial charge in [0.2, 0.25) is 0 Å². The molecule has 0 aliphatic heterocycles. The molecule has 3 N–H and O–H groups in total. The maximum Gasteiger partial charge on any atom is 0.269 e. The number of nitro benzene ring substituents is 1. The van der Waals surface area contributed by atoms with Crippen molar-refractivity contribution in [2.45, 2.75) is 25.3 Å². The first-order chi connectivity index (χ1) is 7.65. The summed E-state index contributed by atoms with van der Waals surface area (Å²) in [6.45, 7) is 0.154. The van der Waals surface area contributed by atoms with Crippen LogP contribution in [0, 0.1) is 10.1 Å². The van der Waals surface area contributed by atoms with E-state index in [0.717, 1.165) is 18.4 Å². The summed E-state index contributed by atoms with van der Waals surface area (Å²) < 4.78 is 0. The summed E-state index contributed by atoms with van der Waals surface area (Å²) in [5.74, 6) is 0. The van der Waals surface area contributed by atoms with E-state index in [1.165, 1.54) is 12.1 Å². The van der Waals surface area contributed by atoms with E-state index >= 15 is 0 Å². The van der Waals surface area contributed by atoms with Crippen molar-refractivity contribution < 1.29 is 10.0 Å². The lowest BCUT2D eigenvalue weighted by Crippen LogP contribution is -2.10. The minimum Gasteiger partial charge on any atom is -0.396 e. The van der Waals surface area contributed by atoms with Crippen molar-refractivity contribution in [2.24, 2.45) is 5.73 Å². The molecule has 0 aromatic heterocycles. The van der Waals surface area contributed by atoms with E-state index in [-0.39, 0.29) is 18.3 Å². The Bertz CT molecular complexity index is 355. The van der Waals surface area contributed by atoms with Crippen molar-refractivity contribution in [3.05, 3.63) is 39.9 Å². The molecule has 0 heterocycles. The number of aliphatic hydroxyl groups excluding tert-OH is 1. The molecule has 1 unspecified atom stereocenters. The number of hydrogen-bond donors (Lipinski definition) is 2. The Kier molecular flexibility index (Phi) is 4.88. The van der Waals surface area contributed by atoms with Crippen molar-refractivity contribution in [1.29, 1.82) is 0 Å². The van der Waals surface area contributed by atoms with Gasteiger partial charge in [0, 0.05) is 24.8 Å². The maximum absolute atomic E-state index is 10.6. The molecule has 0 saturated carbocycles. The fraction of sp³-hybridized carbons (Fsp3) is 0.455. The number of benzene rings is 1. The Morgan fingerprint density at radius 2 is 2.19 bits per heavy atom. The van der Waals surface area contributed by atoms with Crippen LogP contribution < -0.4 is 5.73 Å². The summed E-state index contributed by atoms with van der Waals surface area (Å²) in [6.07, 6.45) is 2.25. The number of nitro groups is 1. The smallest absolute Gasteiger partial charge is 0.269 e. The average molecular weight is 224 g/mol. The van der Waals surface area contributed by atoms with Gasteiger partial charge in [-0.3, -0.25) is 10.1 Å². The standard InChI is InChI=1S/C11H16N2O3/c12-11(6-1-2-7-14)9-4-3-5-10(8-9)13(15)16/h3-5,8,11,14H,1-2,6-7,12H2. The highest BCUT2D eigenvalue weighted by atomic mass is 16.6. The third-order valence-corrected chi connectivity index (χ3v) is 2.43. The first kappa shape index (κ1) is 12.6. The van der Waals surface area contributed by atoms with Gasteiger partial charge in [0.25, 0.3) is 5.69 Å². The average Bonchev–Trinajstić information content (AvgIpc) is 2.29. The lowest BCUT2D eigenvalue weighted by atomic mass is 10.0. The molecule has 1 aromatic rings. The number of non-ortho nitro benzene ring substituents is 1. The van der Waals surface area contributed by atoms with Crippen LogP contribution in [0.3, 0.4) is 0 Å². The van der Waals surface area contributed by atoms with Gasteiger partial charge in [0.05, 0.1) is 4.92 Å². The number of aliphatic hydroxyl groups is 1. The fourth-order valence-electron chi connectivity index (χ4n) is 1.51. The Hall–Kier alpha value is -1.46. The van der Waals surface area contributed by atoms with Crippen molar-refractivity contribution in [3.63, 3.8) is 0 Å². The minimum absolute atomic E-state index is 0.0649. The molecule has 88 valence electrons. The van der Waals surface area contributed by atoms with Gasteiger partial charge in [0.15, 0.2) is 0 Å². The van der Waals surface area contributed by atoms with E-state index in [9.17, 15) is 10.1 Å². The van der Waals surface area contributed by atoms with Crippen molar-refractivity contribution in [1.82, 2.24) is 0 Å². The molecular weight excluding hydrogens is 208 g/mol. The van der Waals surface area contributed by atoms with Gasteiger partial charge in [-0.1, -0.05) is 12.1 Å². The lowest BCUT2D eigenvalue weighted by molar-refractivity contribution is -0.384. The Morgan fingerprint density at radius 1 is 1.44 bits per heavy atom. The second-order valence-electron chi connectivity index (χ2n) is 3.68. The number of nitrogens with two attached hydrogens (primary N) is 1. The largest absolute Gasteiger partial charge is 0.396 e. The summed E-state index contributed by atoms with van der Waals surface area (Å²) in [6, 6.07) is 6.18. The van der Waals surface area contributed by atoms with Crippen LogP contribution in [0.2, 0.25) is 0 Å². The zero-order valence-corrected chi connectivity index (χ0v) is 9.00. The van der Waals surface area contributed by atoms with E-state index in [1.807, 2.05) is 0 Å². The third-order valence-electron chi connectivity index (χ3n) is 2.43. The highest BCUT2D eigenvalue weighted by Crippen LogP contribution is 2.21. The van der Waals surface area contributed by atoms with E-state index < -0.39 is 4.92 Å². The topological polar surface area (TPSA) is 89.4 Å². The first-order valence-electron chi connectivity index (χ1n) is 5.26. The van der Waals surface area contributed by atoms with Crippen LogP contribution in [0.25, 0.3) is 0 Å². The number of unbranched alkanes of at least 4 members (excludes halogenated alkanes) is 1. The van der Waals surface area contributed by atoms with Crippen molar-refractivity contribution in [2.75, 3.05) is 6.61 Å². The maximum atomic E-state index is 10.6. The summed E-state index contributed by atoms with van der Waals surface area (Å²) in [7, 11) is 0. The highest BCUT2D eigenvalue weighted by Gasteiger charge is 2.10. The van der Waals surface area contributed by atoms with Gasteiger partial charge in [-0.05, 0) is 24.8 Å². The van der Waals surface area contributed by atoms with Gasteiger partial charge in [-0.15, -0.1) is 0 Å². The molecule has 0 bridgehead atoms. The van der Waals surface area contributed by atoms with Gasteiger partial charge in [-0.2, -0.15) is 0 Å². The molecule has 0 fully saturated rings. The second kappa shape index (κ2) is 6.19. The summed E-state index contributed by atoms with van der Waals surface area (Å²) >= 11 is 0. The Balaban J connectivity index is 2.64. The number of hydrogen-bond acceptors (Lipinski definition) is 4. The summed E-state index contributed by atoms with van der Waals surface area (Å²) in [5.41, 5.74) is 6.74. The zero-order valence-electron chi connectivity index (χ0n) is 9.00. The van der Waals surface area contributed by atoms with Crippen molar-refractivity contribution in [3.8, 4) is 0 Å². The Labute approximate surface area is 94.0 Å². The molecule has 16 heavy (non-hydrogen) atoms. The van der Waals surface area contributed by atoms with Crippen LogP contribution in [0.5, 0.6) is 0 Å². The SMILES string of the molecule is NC(CCCCO)c1cccc([N+](=O)[O-])c1. The second-order valence-corrected chi connectivity index (χ2v) is 3.68. The van der Waals surface area contributed by atoms with Gasteiger partial charge >= 0.3 is 0 Å². The minimum atomic E-state index is -0.427. The van der Waals surface area contributed by atoms with Gasteiger partial charge in [0.1, 0.15) is 0 Å². The zero-order chi connectivity index (χ0) is 12.0. The molecule has 0 saturated heterocycles. The predicted octanol–water partition coefficient (Wildman–Crippen LogP) is 1.76. The monoisotopic (exact) mass is 224 g/mol. The lowest BCUT2D eigenvalue weighted by Gasteiger charge is -2.10. The van der Waals surface area contributed by atoms with Crippen LogP contribution in [0.15, 0.2) is 24.3 Å². The first-order valence-corrected chi connectivity index (χ1v) is 5.26. The highest BCUT2D eigenvalue weighted by molar-refractivity contribution is 5.35. The predicted molar refractivity (Wildman–Crippen MR) is 61.0 cm³/mol. The van der Waals surface area contributed by atoms with Crippen LogP contribution >= 0.6 is 0 Å². The van der Waals surface area contributed by atoms with E-state index in [4.69, 9.17) is 10.8 Å². The number of nitrogens with zero attached hydrogens (tertiary/aromatic N) is 1. The quantitative estimate of drug-likeness (QED) is 0.437. The summed E-state index contributed by atoms with van der Waals surface area (Å²) in [4.78, 5) is 10.1. The van der Waals surface area contributed by atoms with E-state index in [0.29, 0.717) is 6.42 Å². The van der Waals surface area contributed by atoms with Crippen LogP contribution in [0.1, 0.15) is 30.9 Å². The third kappa shape index (κ3) is 3.60. The van der Waals surface area contributed by atoms with E-state index in [2.05, 4.69) is 0 Å². The van der Waals surface area contributed by atoms with Gasteiger partial charge < -0.3 is 10.8 Å². The van der Waals surface area contributed by atoms with Crippen LogP contribution in [-0.4, -0.2) is 16.6 Å². The molecule has 0 spiro atoms. The number of rotatable bonds is 6.